The quantitative estimate of drug-likeness (QED) is 0.825. The minimum atomic E-state index is -0.455. The first-order valence-electron chi connectivity index (χ1n) is 7.58. The van der Waals surface area contributed by atoms with E-state index in [1.54, 1.807) is 0 Å². The van der Waals surface area contributed by atoms with E-state index in [-0.39, 0.29) is 12.3 Å². The Morgan fingerprint density at radius 2 is 2.09 bits per heavy atom. The van der Waals surface area contributed by atoms with E-state index < -0.39 is 5.69 Å². The average molecular weight is 312 g/mol. The third-order valence-electron chi connectivity index (χ3n) is 3.66. The van der Waals surface area contributed by atoms with Gasteiger partial charge in [-0.15, -0.1) is 6.42 Å². The molecule has 0 aliphatic rings. The predicted octanol–water partition coefficient (Wildman–Crippen LogP) is 1.67. The number of rotatable bonds is 6. The zero-order valence-corrected chi connectivity index (χ0v) is 13.4. The van der Waals surface area contributed by atoms with Crippen LogP contribution in [-0.2, 0) is 24.3 Å². The zero-order valence-electron chi connectivity index (χ0n) is 13.4. The van der Waals surface area contributed by atoms with Crippen LogP contribution < -0.4 is 11.2 Å². The minimum Gasteiger partial charge on any atom is -0.361 e. The number of benzene rings is 1. The number of ether oxygens (including phenoxy) is 1. The van der Waals surface area contributed by atoms with Crippen LogP contribution in [0.1, 0.15) is 36.2 Å². The van der Waals surface area contributed by atoms with Crippen molar-refractivity contribution in [2.75, 3.05) is 6.61 Å². The lowest BCUT2D eigenvalue weighted by atomic mass is 10.0. The summed E-state index contributed by atoms with van der Waals surface area (Å²) in [6, 6.07) is 7.52. The van der Waals surface area contributed by atoms with Gasteiger partial charge in [0.05, 0.1) is 0 Å². The number of hydrogen-bond acceptors (Lipinski definition) is 3. The molecule has 1 N–H and O–H groups in total. The molecule has 5 nitrogen and oxygen atoms in total. The Hall–Kier alpha value is -2.58. The van der Waals surface area contributed by atoms with E-state index in [4.69, 9.17) is 11.2 Å². The highest BCUT2D eigenvalue weighted by Crippen LogP contribution is 2.13. The van der Waals surface area contributed by atoms with Crippen LogP contribution in [0.4, 0.5) is 0 Å². The zero-order chi connectivity index (χ0) is 16.8. The van der Waals surface area contributed by atoms with E-state index in [1.807, 2.05) is 38.1 Å². The second-order valence-corrected chi connectivity index (χ2v) is 5.11. The molecule has 0 fully saturated rings. The van der Waals surface area contributed by atoms with Gasteiger partial charge in [0, 0.05) is 29.8 Å². The molecule has 0 radical (unpaired) electrons. The maximum atomic E-state index is 12.1. The van der Waals surface area contributed by atoms with Gasteiger partial charge in [-0.3, -0.25) is 14.3 Å². The van der Waals surface area contributed by atoms with Crippen molar-refractivity contribution in [2.45, 2.75) is 33.4 Å². The van der Waals surface area contributed by atoms with E-state index in [0.717, 1.165) is 11.1 Å². The third kappa shape index (κ3) is 3.79. The van der Waals surface area contributed by atoms with Crippen molar-refractivity contribution in [3.8, 4) is 12.3 Å². The lowest BCUT2D eigenvalue weighted by Crippen LogP contribution is -2.36. The molecule has 120 valence electrons. The number of nitrogens with zero attached hydrogens (tertiary/aromatic N) is 1. The molecular weight excluding hydrogens is 292 g/mol. The van der Waals surface area contributed by atoms with Gasteiger partial charge in [-0.25, -0.2) is 4.79 Å². The molecule has 0 unspecified atom stereocenters. The molecule has 2 rings (SSSR count). The smallest absolute Gasteiger partial charge is 0.330 e. The van der Waals surface area contributed by atoms with Gasteiger partial charge in [0.1, 0.15) is 6.73 Å². The molecule has 0 atom stereocenters. The van der Waals surface area contributed by atoms with Crippen LogP contribution in [0.2, 0.25) is 0 Å². The Morgan fingerprint density at radius 3 is 2.74 bits per heavy atom. The number of aromatic nitrogens is 2. The van der Waals surface area contributed by atoms with Gasteiger partial charge < -0.3 is 4.74 Å². The largest absolute Gasteiger partial charge is 0.361 e. The fourth-order valence-electron chi connectivity index (χ4n) is 2.51. The lowest BCUT2D eigenvalue weighted by molar-refractivity contribution is 0.0822. The molecule has 0 spiro atoms. The van der Waals surface area contributed by atoms with E-state index in [1.165, 1.54) is 4.57 Å². The van der Waals surface area contributed by atoms with Gasteiger partial charge in [-0.05, 0) is 31.0 Å². The molecule has 23 heavy (non-hydrogen) atoms. The number of H-pyrrole nitrogens is 1. The molecule has 0 bridgehead atoms. The van der Waals surface area contributed by atoms with E-state index in [9.17, 15) is 9.59 Å². The standard InChI is InChI=1S/C18H20N2O3/c1-4-13-8-7-9-14(10-13)11-16-15(5-2)17(21)19-18(22)20(16)12-23-6-3/h1,7-10H,5-6,11-12H2,2-3H3,(H,19,21,22). The van der Waals surface area contributed by atoms with Crippen molar-refractivity contribution in [2.24, 2.45) is 0 Å². The Morgan fingerprint density at radius 1 is 1.30 bits per heavy atom. The summed E-state index contributed by atoms with van der Waals surface area (Å²) in [6.07, 6.45) is 6.41. The Kier molecular flexibility index (Phi) is 5.56. The van der Waals surface area contributed by atoms with Crippen molar-refractivity contribution in [3.63, 3.8) is 0 Å². The maximum absolute atomic E-state index is 12.1. The molecule has 1 aromatic heterocycles. The summed E-state index contributed by atoms with van der Waals surface area (Å²) >= 11 is 0. The lowest BCUT2D eigenvalue weighted by Gasteiger charge is -2.15. The highest BCUT2D eigenvalue weighted by molar-refractivity contribution is 5.37. The molecule has 2 aromatic rings. The van der Waals surface area contributed by atoms with Gasteiger partial charge in [0.15, 0.2) is 0 Å². The molecule has 0 saturated carbocycles. The maximum Gasteiger partial charge on any atom is 0.330 e. The van der Waals surface area contributed by atoms with Crippen LogP contribution in [-0.4, -0.2) is 16.2 Å². The minimum absolute atomic E-state index is 0.114. The van der Waals surface area contributed by atoms with E-state index >= 15 is 0 Å². The highest BCUT2D eigenvalue weighted by atomic mass is 16.5. The average Bonchev–Trinajstić information content (AvgIpc) is 2.55. The second kappa shape index (κ2) is 7.61. The first-order valence-corrected chi connectivity index (χ1v) is 7.58. The van der Waals surface area contributed by atoms with Crippen LogP contribution >= 0.6 is 0 Å². The van der Waals surface area contributed by atoms with E-state index in [0.29, 0.717) is 30.7 Å². The molecule has 0 aliphatic heterocycles. The summed E-state index contributed by atoms with van der Waals surface area (Å²) in [4.78, 5) is 26.6. The molecular formula is C18H20N2O3. The van der Waals surface area contributed by atoms with Crippen LogP contribution in [0.5, 0.6) is 0 Å². The first kappa shape index (κ1) is 16.8. The Bertz CT molecular complexity index is 841. The van der Waals surface area contributed by atoms with Crippen LogP contribution in [0, 0.1) is 12.3 Å². The second-order valence-electron chi connectivity index (χ2n) is 5.11. The van der Waals surface area contributed by atoms with Crippen molar-refractivity contribution >= 4 is 0 Å². The van der Waals surface area contributed by atoms with Gasteiger partial charge >= 0.3 is 5.69 Å². The number of terminal acetylenes is 1. The summed E-state index contributed by atoms with van der Waals surface area (Å²) in [5.41, 5.74) is 2.19. The normalized spacial score (nSPS) is 10.5. The van der Waals surface area contributed by atoms with Gasteiger partial charge in [0.25, 0.3) is 5.56 Å². The Labute approximate surface area is 134 Å². The van der Waals surface area contributed by atoms with Crippen LogP contribution in [0.3, 0.4) is 0 Å². The molecule has 1 aromatic carbocycles. The fraction of sp³-hybridized carbons (Fsp3) is 0.333. The molecule has 0 amide bonds. The van der Waals surface area contributed by atoms with Gasteiger partial charge in [0.2, 0.25) is 0 Å². The monoisotopic (exact) mass is 312 g/mol. The summed E-state index contributed by atoms with van der Waals surface area (Å²) in [5, 5.41) is 0. The topological polar surface area (TPSA) is 64.1 Å². The number of nitrogens with one attached hydrogen (secondary N) is 1. The summed E-state index contributed by atoms with van der Waals surface area (Å²) in [7, 11) is 0. The third-order valence-corrected chi connectivity index (χ3v) is 3.66. The van der Waals surface area contributed by atoms with Gasteiger partial charge in [-0.2, -0.15) is 0 Å². The summed E-state index contributed by atoms with van der Waals surface area (Å²) in [6.45, 7) is 4.34. The molecule has 0 saturated heterocycles. The first-order chi connectivity index (χ1) is 11.1. The summed E-state index contributed by atoms with van der Waals surface area (Å²) in [5.74, 6) is 2.59. The van der Waals surface area contributed by atoms with Crippen molar-refractivity contribution < 1.29 is 4.74 Å². The van der Waals surface area contributed by atoms with Gasteiger partial charge in [-0.1, -0.05) is 25.0 Å². The summed E-state index contributed by atoms with van der Waals surface area (Å²) < 4.78 is 6.85. The molecule has 5 heteroatoms. The van der Waals surface area contributed by atoms with Crippen LogP contribution in [0.25, 0.3) is 0 Å². The fourth-order valence-corrected chi connectivity index (χ4v) is 2.51. The van der Waals surface area contributed by atoms with Crippen LogP contribution in [0.15, 0.2) is 33.9 Å². The highest BCUT2D eigenvalue weighted by Gasteiger charge is 2.14. The Balaban J connectivity index is 2.55. The molecule has 1 heterocycles. The number of hydrogen-bond donors (Lipinski definition) is 1. The SMILES string of the molecule is C#Cc1cccc(Cc2c(CC)c(=O)[nH]c(=O)n2COCC)c1. The van der Waals surface area contributed by atoms with Crippen molar-refractivity contribution in [3.05, 3.63) is 67.5 Å². The van der Waals surface area contributed by atoms with E-state index in [2.05, 4.69) is 10.9 Å². The number of aromatic amines is 1. The predicted molar refractivity (Wildman–Crippen MR) is 89.5 cm³/mol. The van der Waals surface area contributed by atoms with Crippen molar-refractivity contribution in [1.82, 2.24) is 9.55 Å². The van der Waals surface area contributed by atoms with Crippen molar-refractivity contribution in [1.29, 1.82) is 0 Å². The molecule has 0 aliphatic carbocycles.